The number of likely N-dealkylation sites (tertiary alicyclic amines) is 1. The van der Waals surface area contributed by atoms with Crippen molar-refractivity contribution in [2.24, 2.45) is 16.6 Å². The second kappa shape index (κ2) is 8.80. The molecule has 0 aromatic heterocycles. The molecule has 1 saturated heterocycles. The highest BCUT2D eigenvalue weighted by atomic mass is 127. The molecule has 1 aliphatic heterocycles. The lowest BCUT2D eigenvalue weighted by Gasteiger charge is -2.31. The van der Waals surface area contributed by atoms with Crippen LogP contribution in [0.4, 0.5) is 0 Å². The summed E-state index contributed by atoms with van der Waals surface area (Å²) in [5.41, 5.74) is 6.70. The largest absolute Gasteiger partial charge is 0.386 e. The Bertz CT molecular complexity index is 484. The highest BCUT2D eigenvalue weighted by Crippen LogP contribution is 2.22. The number of nitrogens with two attached hydrogens (primary N) is 1. The SMILES string of the molecule is CC1CCCN(C(N)=NCC(O)c2ccccc2Cl)C1.I. The van der Waals surface area contributed by atoms with Crippen LogP contribution in [0.5, 0.6) is 0 Å². The smallest absolute Gasteiger partial charge is 0.191 e. The molecule has 0 aliphatic carbocycles. The summed E-state index contributed by atoms with van der Waals surface area (Å²) in [7, 11) is 0. The molecule has 0 radical (unpaired) electrons. The van der Waals surface area contributed by atoms with Gasteiger partial charge in [0, 0.05) is 23.7 Å². The van der Waals surface area contributed by atoms with E-state index >= 15 is 0 Å². The Hall–Kier alpha value is -0.530. The predicted molar refractivity (Wildman–Crippen MR) is 98.3 cm³/mol. The second-order valence-electron chi connectivity index (χ2n) is 5.43. The van der Waals surface area contributed by atoms with E-state index in [1.54, 1.807) is 6.07 Å². The number of halogens is 2. The normalized spacial score (nSPS) is 20.8. The molecule has 0 amide bonds. The number of guanidine groups is 1. The fourth-order valence-electron chi connectivity index (χ4n) is 2.52. The summed E-state index contributed by atoms with van der Waals surface area (Å²) < 4.78 is 0. The van der Waals surface area contributed by atoms with Gasteiger partial charge < -0.3 is 15.7 Å². The first-order chi connectivity index (χ1) is 9.58. The van der Waals surface area contributed by atoms with Crippen LogP contribution >= 0.6 is 35.6 Å². The number of piperidine rings is 1. The fourth-order valence-corrected chi connectivity index (χ4v) is 2.78. The average molecular weight is 424 g/mol. The lowest BCUT2D eigenvalue weighted by Crippen LogP contribution is -2.43. The van der Waals surface area contributed by atoms with E-state index in [1.807, 2.05) is 18.2 Å². The molecule has 0 saturated carbocycles. The maximum Gasteiger partial charge on any atom is 0.191 e. The highest BCUT2D eigenvalue weighted by Gasteiger charge is 2.18. The van der Waals surface area contributed by atoms with Crippen LogP contribution in [-0.2, 0) is 0 Å². The van der Waals surface area contributed by atoms with Crippen LogP contribution in [0.25, 0.3) is 0 Å². The summed E-state index contributed by atoms with van der Waals surface area (Å²) in [6.45, 7) is 4.35. The Kier molecular flexibility index (Phi) is 7.76. The van der Waals surface area contributed by atoms with E-state index in [9.17, 15) is 5.11 Å². The van der Waals surface area contributed by atoms with Crippen LogP contribution in [0.2, 0.25) is 5.02 Å². The molecule has 3 N–H and O–H groups in total. The molecule has 21 heavy (non-hydrogen) atoms. The van der Waals surface area contributed by atoms with Gasteiger partial charge in [0.25, 0.3) is 0 Å². The van der Waals surface area contributed by atoms with Gasteiger partial charge in [-0.05, 0) is 24.8 Å². The minimum atomic E-state index is -0.718. The van der Waals surface area contributed by atoms with Crippen molar-refractivity contribution in [3.8, 4) is 0 Å². The zero-order chi connectivity index (χ0) is 14.5. The summed E-state index contributed by atoms with van der Waals surface area (Å²) in [5.74, 6) is 1.16. The number of hydrogen-bond donors (Lipinski definition) is 2. The van der Waals surface area contributed by atoms with Gasteiger partial charge in [0.15, 0.2) is 5.96 Å². The molecular weight excluding hydrogens is 401 g/mol. The number of rotatable bonds is 3. The van der Waals surface area contributed by atoms with Gasteiger partial charge in [-0.3, -0.25) is 4.99 Å². The van der Waals surface area contributed by atoms with Crippen molar-refractivity contribution in [2.45, 2.75) is 25.9 Å². The minimum absolute atomic E-state index is 0. The first kappa shape index (κ1) is 18.5. The van der Waals surface area contributed by atoms with Crippen molar-refractivity contribution in [3.05, 3.63) is 34.9 Å². The Balaban J connectivity index is 0.00000220. The van der Waals surface area contributed by atoms with Crippen molar-refractivity contribution in [1.29, 1.82) is 0 Å². The summed E-state index contributed by atoms with van der Waals surface area (Å²) in [4.78, 5) is 6.40. The molecule has 118 valence electrons. The summed E-state index contributed by atoms with van der Waals surface area (Å²) in [6, 6.07) is 7.26. The molecule has 2 atom stereocenters. The molecule has 0 spiro atoms. The van der Waals surface area contributed by atoms with Crippen LogP contribution in [0.15, 0.2) is 29.3 Å². The Labute approximate surface area is 148 Å². The number of nitrogens with zero attached hydrogens (tertiary/aromatic N) is 2. The lowest BCUT2D eigenvalue weighted by atomic mass is 10.0. The average Bonchev–Trinajstić information content (AvgIpc) is 2.45. The third kappa shape index (κ3) is 5.30. The minimum Gasteiger partial charge on any atom is -0.386 e. The maximum absolute atomic E-state index is 10.1. The molecule has 1 aromatic carbocycles. The van der Waals surface area contributed by atoms with Crippen molar-refractivity contribution >= 4 is 41.5 Å². The van der Waals surface area contributed by atoms with E-state index in [2.05, 4.69) is 16.8 Å². The van der Waals surface area contributed by atoms with Gasteiger partial charge >= 0.3 is 0 Å². The molecule has 2 rings (SSSR count). The Morgan fingerprint density at radius 2 is 2.24 bits per heavy atom. The van der Waals surface area contributed by atoms with E-state index < -0.39 is 6.10 Å². The number of aliphatic imine (C=N–C) groups is 1. The van der Waals surface area contributed by atoms with E-state index in [-0.39, 0.29) is 30.5 Å². The monoisotopic (exact) mass is 423 g/mol. The first-order valence-corrected chi connectivity index (χ1v) is 7.43. The molecule has 4 nitrogen and oxygen atoms in total. The molecule has 1 fully saturated rings. The predicted octanol–water partition coefficient (Wildman–Crippen LogP) is 3.04. The third-order valence-electron chi connectivity index (χ3n) is 3.67. The van der Waals surface area contributed by atoms with E-state index in [0.29, 0.717) is 22.5 Å². The molecule has 1 aromatic rings. The molecular formula is C15H23ClIN3O. The van der Waals surface area contributed by atoms with Crippen molar-refractivity contribution in [1.82, 2.24) is 4.90 Å². The molecule has 0 bridgehead atoms. The van der Waals surface area contributed by atoms with Crippen LogP contribution in [0.1, 0.15) is 31.4 Å². The summed E-state index contributed by atoms with van der Waals surface area (Å²) in [5, 5.41) is 10.7. The van der Waals surface area contributed by atoms with E-state index in [4.69, 9.17) is 17.3 Å². The van der Waals surface area contributed by atoms with Gasteiger partial charge in [-0.2, -0.15) is 0 Å². The number of hydrogen-bond acceptors (Lipinski definition) is 2. The van der Waals surface area contributed by atoms with Gasteiger partial charge in [0.05, 0.1) is 6.54 Å². The number of aliphatic hydroxyl groups is 1. The third-order valence-corrected chi connectivity index (χ3v) is 4.02. The Morgan fingerprint density at radius 1 is 1.52 bits per heavy atom. The van der Waals surface area contributed by atoms with Gasteiger partial charge in [-0.15, -0.1) is 24.0 Å². The van der Waals surface area contributed by atoms with Crippen LogP contribution in [0.3, 0.4) is 0 Å². The molecule has 1 aliphatic rings. The lowest BCUT2D eigenvalue weighted by molar-refractivity contribution is 0.186. The summed E-state index contributed by atoms with van der Waals surface area (Å²) >= 11 is 6.05. The zero-order valence-electron chi connectivity index (χ0n) is 12.2. The number of aliphatic hydroxyl groups excluding tert-OH is 1. The Morgan fingerprint density at radius 3 is 2.90 bits per heavy atom. The first-order valence-electron chi connectivity index (χ1n) is 7.05. The van der Waals surface area contributed by atoms with Gasteiger partial charge in [0.1, 0.15) is 6.10 Å². The maximum atomic E-state index is 10.1. The zero-order valence-corrected chi connectivity index (χ0v) is 15.3. The van der Waals surface area contributed by atoms with E-state index in [0.717, 1.165) is 19.5 Å². The summed E-state index contributed by atoms with van der Waals surface area (Å²) in [6.07, 6.45) is 1.67. The van der Waals surface area contributed by atoms with Crippen LogP contribution < -0.4 is 5.73 Å². The van der Waals surface area contributed by atoms with Gasteiger partial charge in [0.2, 0.25) is 0 Å². The molecule has 2 unspecified atom stereocenters. The van der Waals surface area contributed by atoms with Gasteiger partial charge in [-0.1, -0.05) is 36.7 Å². The van der Waals surface area contributed by atoms with Crippen LogP contribution in [-0.4, -0.2) is 35.6 Å². The van der Waals surface area contributed by atoms with Crippen molar-refractivity contribution < 1.29 is 5.11 Å². The van der Waals surface area contributed by atoms with Crippen LogP contribution in [0, 0.1) is 5.92 Å². The molecule has 6 heteroatoms. The fraction of sp³-hybridized carbons (Fsp3) is 0.533. The standard InChI is InChI=1S/C15H22ClN3O.HI/c1-11-5-4-8-19(10-11)15(17)18-9-14(20)12-6-2-3-7-13(12)16;/h2-3,6-7,11,14,20H,4-5,8-10H2,1H3,(H2,17,18);1H. The van der Waals surface area contributed by atoms with Gasteiger partial charge in [-0.25, -0.2) is 0 Å². The molecule has 1 heterocycles. The number of benzene rings is 1. The van der Waals surface area contributed by atoms with E-state index in [1.165, 1.54) is 6.42 Å². The second-order valence-corrected chi connectivity index (χ2v) is 5.84. The quantitative estimate of drug-likeness (QED) is 0.446. The topological polar surface area (TPSA) is 61.8 Å². The highest BCUT2D eigenvalue weighted by molar-refractivity contribution is 14.0. The van der Waals surface area contributed by atoms with Crippen molar-refractivity contribution in [2.75, 3.05) is 19.6 Å². The van der Waals surface area contributed by atoms with Crippen molar-refractivity contribution in [3.63, 3.8) is 0 Å².